The Morgan fingerprint density at radius 2 is 1.20 bits per heavy atom. The van der Waals surface area contributed by atoms with E-state index >= 15 is 0 Å². The molecule has 0 saturated carbocycles. The molecule has 0 radical (unpaired) electrons. The molecule has 2 heterocycles. The zero-order valence-electron chi connectivity index (χ0n) is 27.1. The van der Waals surface area contributed by atoms with Crippen LogP contribution in [-0.2, 0) is 3.37 Å². The summed E-state index contributed by atoms with van der Waals surface area (Å²) in [5, 5.41) is 0. The summed E-state index contributed by atoms with van der Waals surface area (Å²) in [5.74, 6) is 0. The first-order valence-electron chi connectivity index (χ1n) is 16.6. The molecule has 4 aliphatic rings. The third kappa shape index (κ3) is 6.88. The molecule has 0 fully saturated rings. The number of allylic oxidation sites excluding steroid dienone is 13. The van der Waals surface area contributed by atoms with Crippen LogP contribution in [0.3, 0.4) is 0 Å². The van der Waals surface area contributed by atoms with Gasteiger partial charge < -0.3 is 0 Å². The van der Waals surface area contributed by atoms with E-state index in [1.54, 1.807) is 0 Å². The van der Waals surface area contributed by atoms with Crippen LogP contribution < -0.4 is 14.0 Å². The van der Waals surface area contributed by atoms with Crippen molar-refractivity contribution in [3.63, 3.8) is 0 Å². The van der Waals surface area contributed by atoms with Crippen LogP contribution in [0.5, 0.6) is 0 Å². The summed E-state index contributed by atoms with van der Waals surface area (Å²) in [5.41, 5.74) is 11.7. The Morgan fingerprint density at radius 1 is 0.620 bits per heavy atom. The van der Waals surface area contributed by atoms with Gasteiger partial charge in [-0.3, -0.25) is 0 Å². The van der Waals surface area contributed by atoms with E-state index in [1.165, 1.54) is 36.8 Å². The first-order chi connectivity index (χ1) is 24.4. The molecule has 2 aliphatic carbocycles. The van der Waals surface area contributed by atoms with Crippen molar-refractivity contribution in [2.75, 3.05) is 0 Å². The maximum absolute atomic E-state index is 12.2. The van der Waals surface area contributed by atoms with E-state index in [-0.39, 0.29) is 15.0 Å². The molecule has 0 spiro atoms. The third-order valence-corrected chi connectivity index (χ3v) is 17.4. The zero-order valence-corrected chi connectivity index (χ0v) is 31.3. The Morgan fingerprint density at radius 3 is 1.84 bits per heavy atom. The van der Waals surface area contributed by atoms with Gasteiger partial charge in [0.25, 0.3) is 0 Å². The van der Waals surface area contributed by atoms with Gasteiger partial charge in [-0.05, 0) is 0 Å². The van der Waals surface area contributed by atoms with Gasteiger partial charge in [0.15, 0.2) is 0 Å². The van der Waals surface area contributed by atoms with Crippen molar-refractivity contribution >= 4 is 48.8 Å². The van der Waals surface area contributed by atoms with Gasteiger partial charge in [-0.1, -0.05) is 0 Å². The van der Waals surface area contributed by atoms with Crippen molar-refractivity contribution in [2.24, 2.45) is 0 Å². The van der Waals surface area contributed by atoms with E-state index in [4.69, 9.17) is 3.37 Å². The predicted octanol–water partition coefficient (Wildman–Crippen LogP) is 6.16. The summed E-state index contributed by atoms with van der Waals surface area (Å²) in [6.45, 7) is 0. The van der Waals surface area contributed by atoms with Crippen LogP contribution in [-0.4, -0.2) is 33.2 Å². The monoisotopic (exact) mass is 808 g/mol. The van der Waals surface area contributed by atoms with Crippen LogP contribution in [0.15, 0.2) is 183 Å². The van der Waals surface area contributed by atoms with Crippen molar-refractivity contribution in [3.05, 3.63) is 205 Å². The fraction of sp³-hybridized carbons (Fsp3) is 0.0930. The second kappa shape index (κ2) is 14.4. The van der Waals surface area contributed by atoms with Gasteiger partial charge >= 0.3 is 307 Å². The molecule has 0 saturated heterocycles. The average molecular weight is 807 g/mol. The molecule has 4 aromatic carbocycles. The van der Waals surface area contributed by atoms with Gasteiger partial charge in [0.2, 0.25) is 0 Å². The first-order valence-corrected chi connectivity index (χ1v) is 21.9. The Labute approximate surface area is 305 Å². The Bertz CT molecular complexity index is 2200. The van der Waals surface area contributed by atoms with Gasteiger partial charge in [0.1, 0.15) is 0 Å². The van der Waals surface area contributed by atoms with E-state index in [2.05, 4.69) is 103 Å². The summed E-state index contributed by atoms with van der Waals surface area (Å²) in [6.07, 6.45) is 14.5. The van der Waals surface area contributed by atoms with Crippen LogP contribution in [0.25, 0.3) is 15.6 Å². The fourth-order valence-electron chi connectivity index (χ4n) is 7.00. The van der Waals surface area contributed by atoms with Crippen molar-refractivity contribution in [2.45, 2.75) is 25.7 Å². The molecule has 1 atom stereocenters. The first kappa shape index (κ1) is 33.3. The summed E-state index contributed by atoms with van der Waals surface area (Å²) in [6, 6.07) is 41.2. The normalized spacial score (nSPS) is 20.1. The Hall–Kier alpha value is -3.90. The molecule has 1 unspecified atom stereocenters. The molecule has 4 nitrogen and oxygen atoms in total. The number of halogens is 1. The fourth-order valence-corrected chi connectivity index (χ4v) is 15.2. The topological polar surface area (TPSA) is 78.4 Å². The summed E-state index contributed by atoms with van der Waals surface area (Å²) >= 11 is -2.58. The number of fused-ring (bicyclic) bond motifs is 1. The summed E-state index contributed by atoms with van der Waals surface area (Å²) in [7, 11) is -4.63. The molecule has 0 bridgehead atoms. The quantitative estimate of drug-likeness (QED) is 0.200. The van der Waals surface area contributed by atoms with Crippen molar-refractivity contribution in [3.8, 4) is 0 Å². The molecular weight excluding hydrogens is 774 g/mol. The molecule has 248 valence electrons. The van der Waals surface area contributed by atoms with Gasteiger partial charge in [0, 0.05) is 0 Å². The van der Waals surface area contributed by atoms with Gasteiger partial charge in [-0.15, -0.1) is 0 Å². The van der Waals surface area contributed by atoms with Crippen LogP contribution in [0.1, 0.15) is 47.9 Å². The molecule has 4 aromatic rings. The van der Waals surface area contributed by atoms with Crippen molar-refractivity contribution in [1.82, 2.24) is 0 Å². The van der Waals surface area contributed by atoms with E-state index in [0.29, 0.717) is 0 Å². The van der Waals surface area contributed by atoms with Crippen molar-refractivity contribution < 1.29 is 27.6 Å². The second-order valence-corrected chi connectivity index (χ2v) is 19.1. The van der Waals surface area contributed by atoms with Crippen LogP contribution in [0.2, 0.25) is 0 Å². The SMILES string of the molecule is [O-][Cl+3]([O-])([O-])O[Se]1=C(c2ccccc2)C=C(c2ccccc2)C2=C1/C(=C/C=C/C1=C3[Se]C(c4ccccc4)=CC(c4ccccc4)=C3CC1)CC2. The molecule has 2 aliphatic heterocycles. The standard InChI is InChI=1S/C43H33ClO4Se2/c45-44(46,47)48-50-41(33-20-11-4-12-21-33)29-39(31-16-7-2-8-17-31)37-27-25-35(43(37)50)23-13-22-34-24-26-36-38(30-14-5-1-6-15-30)28-40(49-42(34)36)32-18-9-3-10-19-32/h1-23,28-29H,24-27H2/b22-13+,35-23+. The van der Waals surface area contributed by atoms with Gasteiger partial charge in [-0.2, -0.15) is 0 Å². The average Bonchev–Trinajstić information content (AvgIpc) is 3.77. The van der Waals surface area contributed by atoms with Gasteiger partial charge in [0.05, 0.1) is 0 Å². The molecule has 7 heteroatoms. The Kier molecular flexibility index (Phi) is 9.56. The molecule has 8 rings (SSSR count). The molecule has 0 aromatic heterocycles. The number of hydrogen-bond acceptors (Lipinski definition) is 4. The van der Waals surface area contributed by atoms with E-state index in [9.17, 15) is 14.0 Å². The van der Waals surface area contributed by atoms with E-state index in [0.717, 1.165) is 62.4 Å². The summed E-state index contributed by atoms with van der Waals surface area (Å²) in [4.78, 5) is 0. The van der Waals surface area contributed by atoms with Crippen LogP contribution in [0, 0.1) is 10.2 Å². The van der Waals surface area contributed by atoms with Crippen LogP contribution in [0.4, 0.5) is 0 Å². The molecular formula is C43H33ClO4Se2. The Balaban J connectivity index is 1.21. The van der Waals surface area contributed by atoms with Crippen LogP contribution >= 0.6 is 0 Å². The number of rotatable bonds is 8. The minimum atomic E-state index is -4.63. The second-order valence-electron chi connectivity index (χ2n) is 12.3. The van der Waals surface area contributed by atoms with Gasteiger partial charge in [-0.25, -0.2) is 0 Å². The summed E-state index contributed by atoms with van der Waals surface area (Å²) < 4.78 is 46.7. The molecule has 0 amide bonds. The number of benzene rings is 4. The van der Waals surface area contributed by atoms with E-state index < -0.39 is 24.0 Å². The third-order valence-electron chi connectivity index (χ3n) is 9.24. The molecule has 50 heavy (non-hydrogen) atoms. The number of hydrogen-bond donors (Lipinski definition) is 0. The van der Waals surface area contributed by atoms with E-state index in [1.807, 2.05) is 48.5 Å². The predicted molar refractivity (Wildman–Crippen MR) is 195 cm³/mol. The van der Waals surface area contributed by atoms with Crippen molar-refractivity contribution in [1.29, 1.82) is 0 Å². The maximum atomic E-state index is 12.2. The zero-order chi connectivity index (χ0) is 34.1. The minimum absolute atomic E-state index is 0.159. The molecule has 0 N–H and O–H groups in total.